The van der Waals surface area contributed by atoms with Gasteiger partial charge in [-0.1, -0.05) is 0 Å². The van der Waals surface area contributed by atoms with Crippen LogP contribution in [0, 0.1) is 0 Å². The summed E-state index contributed by atoms with van der Waals surface area (Å²) in [7, 11) is 0. The summed E-state index contributed by atoms with van der Waals surface area (Å²) in [5.74, 6) is -3.54. The lowest BCUT2D eigenvalue weighted by atomic mass is 10.0. The van der Waals surface area contributed by atoms with Crippen molar-refractivity contribution < 1.29 is 27.9 Å². The Morgan fingerprint density at radius 2 is 1.74 bits per heavy atom. The number of alkyl halides is 3. The molecule has 0 bridgehead atoms. The highest BCUT2D eigenvalue weighted by atomic mass is 19.4. The molecule has 0 aromatic heterocycles. The van der Waals surface area contributed by atoms with Crippen LogP contribution < -0.4 is 5.32 Å². The van der Waals surface area contributed by atoms with Gasteiger partial charge in [-0.3, -0.25) is 4.79 Å². The van der Waals surface area contributed by atoms with Gasteiger partial charge in [0.15, 0.2) is 0 Å². The molecule has 4 nitrogen and oxygen atoms in total. The average Bonchev–Trinajstić information content (AvgIpc) is 2.73. The predicted octanol–water partition coefficient (Wildman–Crippen LogP) is 2.37. The Hall–Kier alpha value is -2.05. The SMILES string of the molecule is O=C(O)c1cc2c(cc1NC(=O)C(F)(F)F)CCC2. The second kappa shape index (κ2) is 4.56. The molecule has 19 heavy (non-hydrogen) atoms. The number of aromatic carboxylic acids is 1. The van der Waals surface area contributed by atoms with Crippen LogP contribution in [0.3, 0.4) is 0 Å². The Morgan fingerprint density at radius 1 is 1.16 bits per heavy atom. The molecule has 0 heterocycles. The van der Waals surface area contributed by atoms with E-state index < -0.39 is 18.1 Å². The van der Waals surface area contributed by atoms with Crippen molar-refractivity contribution in [2.24, 2.45) is 0 Å². The van der Waals surface area contributed by atoms with E-state index >= 15 is 0 Å². The van der Waals surface area contributed by atoms with Gasteiger partial charge >= 0.3 is 18.1 Å². The van der Waals surface area contributed by atoms with Crippen LogP contribution in [0.4, 0.5) is 18.9 Å². The summed E-state index contributed by atoms with van der Waals surface area (Å²) in [6.45, 7) is 0. The van der Waals surface area contributed by atoms with Gasteiger partial charge in [-0.15, -0.1) is 0 Å². The van der Waals surface area contributed by atoms with Gasteiger partial charge in [0, 0.05) is 0 Å². The maximum atomic E-state index is 12.2. The first kappa shape index (κ1) is 13.4. The van der Waals surface area contributed by atoms with E-state index in [0.717, 1.165) is 17.5 Å². The Kier molecular flexibility index (Phi) is 3.21. The van der Waals surface area contributed by atoms with Gasteiger partial charge in [0.1, 0.15) is 0 Å². The van der Waals surface area contributed by atoms with E-state index in [1.165, 1.54) is 12.1 Å². The quantitative estimate of drug-likeness (QED) is 0.869. The predicted molar refractivity (Wildman–Crippen MR) is 60.1 cm³/mol. The molecule has 1 aromatic carbocycles. The average molecular weight is 273 g/mol. The minimum absolute atomic E-state index is 0.310. The Bertz CT molecular complexity index is 552. The molecule has 1 aromatic rings. The molecule has 0 spiro atoms. The number of hydrogen-bond donors (Lipinski definition) is 2. The number of carboxylic acids is 1. The summed E-state index contributed by atoms with van der Waals surface area (Å²) in [5.41, 5.74) is 0.957. The monoisotopic (exact) mass is 273 g/mol. The first-order valence-electron chi connectivity index (χ1n) is 5.56. The number of anilines is 1. The standard InChI is InChI=1S/C12H10F3NO3/c13-12(14,15)11(19)16-9-5-7-3-1-2-6(7)4-8(9)10(17)18/h4-5H,1-3H2,(H,16,19)(H,17,18). The van der Waals surface area contributed by atoms with Crippen molar-refractivity contribution in [1.29, 1.82) is 0 Å². The Morgan fingerprint density at radius 3 is 2.26 bits per heavy atom. The number of carboxylic acid groups (broad SMARTS) is 1. The van der Waals surface area contributed by atoms with Crippen LogP contribution in [0.2, 0.25) is 0 Å². The van der Waals surface area contributed by atoms with Gasteiger partial charge in [0.25, 0.3) is 0 Å². The molecule has 2 N–H and O–H groups in total. The Labute approximate surface area is 106 Å². The van der Waals surface area contributed by atoms with Crippen molar-refractivity contribution in [3.63, 3.8) is 0 Å². The molecule has 0 unspecified atom stereocenters. The molecule has 0 saturated carbocycles. The first-order chi connectivity index (χ1) is 8.79. The Balaban J connectivity index is 2.39. The highest BCUT2D eigenvalue weighted by Gasteiger charge is 2.39. The van der Waals surface area contributed by atoms with Crippen LogP contribution in [-0.2, 0) is 17.6 Å². The van der Waals surface area contributed by atoms with Gasteiger partial charge in [0.2, 0.25) is 0 Å². The van der Waals surface area contributed by atoms with Gasteiger partial charge in [0.05, 0.1) is 11.3 Å². The molecular weight excluding hydrogens is 263 g/mol. The molecular formula is C12H10F3NO3. The number of carbonyl (C=O) groups excluding carboxylic acids is 1. The fraction of sp³-hybridized carbons (Fsp3) is 0.333. The lowest BCUT2D eigenvalue weighted by Crippen LogP contribution is -2.30. The molecule has 1 amide bonds. The number of carbonyl (C=O) groups is 2. The molecule has 1 aliphatic carbocycles. The lowest BCUT2D eigenvalue weighted by molar-refractivity contribution is -0.167. The second-order valence-electron chi connectivity index (χ2n) is 4.28. The second-order valence-corrected chi connectivity index (χ2v) is 4.28. The number of amides is 1. The fourth-order valence-corrected chi connectivity index (χ4v) is 2.10. The van der Waals surface area contributed by atoms with Crippen LogP contribution in [0.1, 0.15) is 27.9 Å². The number of aryl methyl sites for hydroxylation is 2. The van der Waals surface area contributed by atoms with E-state index in [1.54, 1.807) is 5.32 Å². The first-order valence-corrected chi connectivity index (χ1v) is 5.56. The molecule has 102 valence electrons. The third kappa shape index (κ3) is 2.69. The van der Waals surface area contributed by atoms with Crippen molar-refractivity contribution in [3.05, 3.63) is 28.8 Å². The summed E-state index contributed by atoms with van der Waals surface area (Å²) in [4.78, 5) is 21.9. The number of halogens is 3. The van der Waals surface area contributed by atoms with Crippen LogP contribution in [0.15, 0.2) is 12.1 Å². The maximum Gasteiger partial charge on any atom is 0.471 e. The molecule has 0 atom stereocenters. The topological polar surface area (TPSA) is 66.4 Å². The zero-order valence-corrected chi connectivity index (χ0v) is 9.67. The molecule has 0 radical (unpaired) electrons. The largest absolute Gasteiger partial charge is 0.478 e. The van der Waals surface area contributed by atoms with Crippen LogP contribution in [0.5, 0.6) is 0 Å². The third-order valence-corrected chi connectivity index (χ3v) is 2.97. The number of fused-ring (bicyclic) bond motifs is 1. The maximum absolute atomic E-state index is 12.2. The van der Waals surface area contributed by atoms with Crippen LogP contribution in [0.25, 0.3) is 0 Å². The highest BCUT2D eigenvalue weighted by molar-refractivity contribution is 6.02. The zero-order valence-electron chi connectivity index (χ0n) is 9.67. The van der Waals surface area contributed by atoms with E-state index in [2.05, 4.69) is 0 Å². The van der Waals surface area contributed by atoms with Gasteiger partial charge in [-0.05, 0) is 42.5 Å². The molecule has 1 aliphatic rings. The summed E-state index contributed by atoms with van der Waals surface area (Å²) in [6, 6.07) is 2.64. The lowest BCUT2D eigenvalue weighted by Gasteiger charge is -2.12. The van der Waals surface area contributed by atoms with Crippen molar-refractivity contribution >= 4 is 17.6 Å². The van der Waals surface area contributed by atoms with E-state index in [9.17, 15) is 22.8 Å². The van der Waals surface area contributed by atoms with Gasteiger partial charge in [-0.2, -0.15) is 13.2 Å². The number of nitrogens with one attached hydrogen (secondary N) is 1. The molecule has 0 aliphatic heterocycles. The van der Waals surface area contributed by atoms with Crippen LogP contribution >= 0.6 is 0 Å². The van der Waals surface area contributed by atoms with E-state index in [0.29, 0.717) is 12.8 Å². The number of benzene rings is 1. The van der Waals surface area contributed by atoms with E-state index in [-0.39, 0.29) is 11.3 Å². The van der Waals surface area contributed by atoms with Crippen molar-refractivity contribution in [2.45, 2.75) is 25.4 Å². The molecule has 7 heteroatoms. The molecule has 2 rings (SSSR count). The molecule has 0 saturated heterocycles. The molecule has 0 fully saturated rings. The summed E-state index contributed by atoms with van der Waals surface area (Å²) < 4.78 is 36.5. The summed E-state index contributed by atoms with van der Waals surface area (Å²) >= 11 is 0. The van der Waals surface area contributed by atoms with Crippen molar-refractivity contribution in [2.75, 3.05) is 5.32 Å². The normalized spacial score (nSPS) is 14.1. The summed E-state index contributed by atoms with van der Waals surface area (Å²) in [5, 5.41) is 10.6. The number of rotatable bonds is 2. The van der Waals surface area contributed by atoms with Gasteiger partial charge in [-0.25, -0.2) is 4.79 Å². The van der Waals surface area contributed by atoms with Crippen molar-refractivity contribution in [3.8, 4) is 0 Å². The van der Waals surface area contributed by atoms with Crippen LogP contribution in [-0.4, -0.2) is 23.2 Å². The van der Waals surface area contributed by atoms with Crippen molar-refractivity contribution in [1.82, 2.24) is 0 Å². The zero-order chi connectivity index (χ0) is 14.2. The smallest absolute Gasteiger partial charge is 0.471 e. The minimum Gasteiger partial charge on any atom is -0.478 e. The fourth-order valence-electron chi connectivity index (χ4n) is 2.10. The van der Waals surface area contributed by atoms with E-state index in [1.807, 2.05) is 0 Å². The third-order valence-electron chi connectivity index (χ3n) is 2.97. The highest BCUT2D eigenvalue weighted by Crippen LogP contribution is 2.29. The minimum atomic E-state index is -5.05. The number of hydrogen-bond acceptors (Lipinski definition) is 2. The summed E-state index contributed by atoms with van der Waals surface area (Å²) in [6.07, 6.45) is -2.85. The van der Waals surface area contributed by atoms with Gasteiger partial charge < -0.3 is 10.4 Å². The van der Waals surface area contributed by atoms with E-state index in [4.69, 9.17) is 5.11 Å².